The topological polar surface area (TPSA) is 49.3 Å². The average molecular weight is 327 g/mol. The third-order valence-corrected chi connectivity index (χ3v) is 5.25. The second-order valence-corrected chi connectivity index (χ2v) is 6.93. The lowest BCUT2D eigenvalue weighted by molar-refractivity contribution is -0.119. The fraction of sp³-hybridized carbons (Fsp3) is 0.316. The molecule has 3 rings (SSSR count). The van der Waals surface area contributed by atoms with Crippen molar-refractivity contribution in [3.05, 3.63) is 71.3 Å². The summed E-state index contributed by atoms with van der Waals surface area (Å²) in [6.45, 7) is 0.286. The second-order valence-electron chi connectivity index (χ2n) is 5.94. The van der Waals surface area contributed by atoms with Gasteiger partial charge in [0.15, 0.2) is 0 Å². The van der Waals surface area contributed by atoms with Gasteiger partial charge in [0.25, 0.3) is 0 Å². The molecule has 1 aliphatic carbocycles. The number of amides is 1. The molecule has 1 atom stereocenters. The van der Waals surface area contributed by atoms with E-state index in [0.29, 0.717) is 12.2 Å². The minimum Gasteiger partial charge on any atom is -0.383 e. The van der Waals surface area contributed by atoms with Gasteiger partial charge in [-0.05, 0) is 29.5 Å². The van der Waals surface area contributed by atoms with E-state index in [-0.39, 0.29) is 12.5 Å². The molecule has 2 aromatic rings. The molecular formula is C19H21NO2S. The second kappa shape index (κ2) is 7.20. The molecule has 0 saturated heterocycles. The largest absolute Gasteiger partial charge is 0.383 e. The third kappa shape index (κ3) is 3.95. The molecule has 120 valence electrons. The van der Waals surface area contributed by atoms with Crippen LogP contribution in [0.2, 0.25) is 0 Å². The summed E-state index contributed by atoms with van der Waals surface area (Å²) >= 11 is 1.59. The predicted octanol–water partition coefficient (Wildman–Crippen LogP) is 2.87. The van der Waals surface area contributed by atoms with E-state index in [1.807, 2.05) is 42.5 Å². The number of aliphatic hydroxyl groups is 1. The van der Waals surface area contributed by atoms with Gasteiger partial charge < -0.3 is 10.4 Å². The van der Waals surface area contributed by atoms with Crippen molar-refractivity contribution in [3.63, 3.8) is 0 Å². The molecule has 0 saturated carbocycles. The number of carbonyl (C=O) groups is 1. The SMILES string of the molecule is O=C(CSCc1ccccc1)NC[C@]1(O)CCc2ccccc21. The Morgan fingerprint density at radius 3 is 2.70 bits per heavy atom. The Hall–Kier alpha value is -1.78. The normalized spacial score (nSPS) is 19.3. The van der Waals surface area contributed by atoms with Crippen molar-refractivity contribution < 1.29 is 9.90 Å². The van der Waals surface area contributed by atoms with E-state index in [1.165, 1.54) is 11.1 Å². The standard InChI is InChI=1S/C19H21NO2S/c21-18(13-23-12-15-6-2-1-3-7-15)20-14-19(22)11-10-16-8-4-5-9-17(16)19/h1-9,22H,10-14H2,(H,20,21)/t19-/m1/s1. The van der Waals surface area contributed by atoms with Crippen LogP contribution in [-0.2, 0) is 22.6 Å². The molecule has 1 aliphatic rings. The number of fused-ring (bicyclic) bond motifs is 1. The van der Waals surface area contributed by atoms with Crippen LogP contribution in [0.1, 0.15) is 23.1 Å². The van der Waals surface area contributed by atoms with E-state index >= 15 is 0 Å². The molecule has 3 nitrogen and oxygen atoms in total. The van der Waals surface area contributed by atoms with Crippen LogP contribution in [-0.4, -0.2) is 23.3 Å². The van der Waals surface area contributed by atoms with Crippen LogP contribution in [0, 0.1) is 0 Å². The molecular weight excluding hydrogens is 306 g/mol. The highest BCUT2D eigenvalue weighted by atomic mass is 32.2. The molecule has 0 heterocycles. The molecule has 0 aromatic heterocycles. The van der Waals surface area contributed by atoms with Crippen molar-refractivity contribution in [2.45, 2.75) is 24.2 Å². The molecule has 0 bridgehead atoms. The Labute approximate surface area is 141 Å². The highest BCUT2D eigenvalue weighted by Crippen LogP contribution is 2.36. The molecule has 0 fully saturated rings. The smallest absolute Gasteiger partial charge is 0.230 e. The first kappa shape index (κ1) is 16.1. The third-order valence-electron chi connectivity index (χ3n) is 4.25. The number of hydrogen-bond acceptors (Lipinski definition) is 3. The van der Waals surface area contributed by atoms with Crippen molar-refractivity contribution in [2.24, 2.45) is 0 Å². The van der Waals surface area contributed by atoms with Crippen LogP contribution < -0.4 is 5.32 Å². The number of nitrogens with one attached hydrogen (secondary N) is 1. The zero-order valence-electron chi connectivity index (χ0n) is 13.0. The molecule has 1 amide bonds. The van der Waals surface area contributed by atoms with E-state index in [1.54, 1.807) is 11.8 Å². The van der Waals surface area contributed by atoms with Gasteiger partial charge in [0.2, 0.25) is 5.91 Å². The Kier molecular flexibility index (Phi) is 5.03. The van der Waals surface area contributed by atoms with Gasteiger partial charge in [0.05, 0.1) is 12.3 Å². The number of aryl methyl sites for hydroxylation is 1. The Morgan fingerprint density at radius 2 is 1.87 bits per heavy atom. The van der Waals surface area contributed by atoms with Gasteiger partial charge in [-0.15, -0.1) is 11.8 Å². The number of hydrogen-bond donors (Lipinski definition) is 2. The van der Waals surface area contributed by atoms with Crippen LogP contribution in [0.3, 0.4) is 0 Å². The zero-order chi connectivity index (χ0) is 16.1. The number of benzene rings is 2. The first-order valence-corrected chi connectivity index (χ1v) is 9.02. The highest BCUT2D eigenvalue weighted by molar-refractivity contribution is 7.99. The Bertz CT molecular complexity index is 674. The number of carbonyl (C=O) groups excluding carboxylic acids is 1. The molecule has 0 aliphatic heterocycles. The van der Waals surface area contributed by atoms with Crippen molar-refractivity contribution in [2.75, 3.05) is 12.3 Å². The summed E-state index contributed by atoms with van der Waals surface area (Å²) < 4.78 is 0. The van der Waals surface area contributed by atoms with Crippen molar-refractivity contribution in [1.29, 1.82) is 0 Å². The molecule has 2 aromatic carbocycles. The summed E-state index contributed by atoms with van der Waals surface area (Å²) in [5.74, 6) is 1.21. The maximum atomic E-state index is 12.0. The van der Waals surface area contributed by atoms with Crippen LogP contribution in [0.4, 0.5) is 0 Å². The molecule has 23 heavy (non-hydrogen) atoms. The van der Waals surface area contributed by atoms with Gasteiger partial charge >= 0.3 is 0 Å². The van der Waals surface area contributed by atoms with Crippen molar-refractivity contribution in [1.82, 2.24) is 5.32 Å². The van der Waals surface area contributed by atoms with Gasteiger partial charge in [-0.3, -0.25) is 4.79 Å². The average Bonchev–Trinajstić information content (AvgIpc) is 2.92. The monoisotopic (exact) mass is 327 g/mol. The lowest BCUT2D eigenvalue weighted by Crippen LogP contribution is -2.40. The summed E-state index contributed by atoms with van der Waals surface area (Å²) in [5.41, 5.74) is 2.43. The van der Waals surface area contributed by atoms with E-state index in [0.717, 1.165) is 17.7 Å². The minimum absolute atomic E-state index is 0.0243. The molecule has 0 unspecified atom stereocenters. The molecule has 0 radical (unpaired) electrons. The fourth-order valence-electron chi connectivity index (χ4n) is 2.98. The summed E-state index contributed by atoms with van der Waals surface area (Å²) in [4.78, 5) is 12.0. The summed E-state index contributed by atoms with van der Waals surface area (Å²) in [5, 5.41) is 13.7. The number of thioether (sulfide) groups is 1. The van der Waals surface area contributed by atoms with Gasteiger partial charge in [-0.2, -0.15) is 0 Å². The fourth-order valence-corrected chi connectivity index (χ4v) is 3.80. The van der Waals surface area contributed by atoms with E-state index in [2.05, 4.69) is 17.4 Å². The molecule has 2 N–H and O–H groups in total. The number of rotatable bonds is 6. The van der Waals surface area contributed by atoms with Crippen LogP contribution in [0.25, 0.3) is 0 Å². The highest BCUT2D eigenvalue weighted by Gasteiger charge is 2.36. The minimum atomic E-state index is -0.920. The predicted molar refractivity (Wildman–Crippen MR) is 94.3 cm³/mol. The van der Waals surface area contributed by atoms with E-state index in [9.17, 15) is 9.90 Å². The summed E-state index contributed by atoms with van der Waals surface area (Å²) in [6.07, 6.45) is 1.54. The Morgan fingerprint density at radius 1 is 1.13 bits per heavy atom. The van der Waals surface area contributed by atoms with Gasteiger partial charge in [-0.1, -0.05) is 54.6 Å². The van der Waals surface area contributed by atoms with Crippen molar-refractivity contribution >= 4 is 17.7 Å². The van der Waals surface area contributed by atoms with Crippen molar-refractivity contribution in [3.8, 4) is 0 Å². The van der Waals surface area contributed by atoms with Gasteiger partial charge in [0.1, 0.15) is 5.60 Å². The van der Waals surface area contributed by atoms with E-state index in [4.69, 9.17) is 0 Å². The van der Waals surface area contributed by atoms with Crippen LogP contribution >= 0.6 is 11.8 Å². The Balaban J connectivity index is 1.46. The quantitative estimate of drug-likeness (QED) is 0.858. The maximum Gasteiger partial charge on any atom is 0.230 e. The zero-order valence-corrected chi connectivity index (χ0v) is 13.8. The first-order valence-electron chi connectivity index (χ1n) is 7.86. The lowest BCUT2D eigenvalue weighted by atomic mass is 9.96. The summed E-state index contributed by atoms with van der Waals surface area (Å²) in [7, 11) is 0. The molecule has 4 heteroatoms. The van der Waals surface area contributed by atoms with Crippen LogP contribution in [0.5, 0.6) is 0 Å². The molecule has 0 spiro atoms. The first-order chi connectivity index (χ1) is 11.2. The van der Waals surface area contributed by atoms with Gasteiger partial charge in [0, 0.05) is 5.75 Å². The maximum absolute atomic E-state index is 12.0. The van der Waals surface area contributed by atoms with Crippen LogP contribution in [0.15, 0.2) is 54.6 Å². The van der Waals surface area contributed by atoms with Gasteiger partial charge in [-0.25, -0.2) is 0 Å². The van der Waals surface area contributed by atoms with E-state index < -0.39 is 5.60 Å². The summed E-state index contributed by atoms with van der Waals surface area (Å²) in [6, 6.07) is 18.0. The lowest BCUT2D eigenvalue weighted by Gasteiger charge is -2.24.